The molecule has 0 bridgehead atoms. The van der Waals surface area contributed by atoms with Crippen molar-refractivity contribution < 1.29 is 5.11 Å². The van der Waals surface area contributed by atoms with E-state index in [4.69, 9.17) is 0 Å². The molecule has 1 aliphatic carbocycles. The number of aliphatic hydroxyl groups is 1. The first kappa shape index (κ1) is 13.0. The van der Waals surface area contributed by atoms with Gasteiger partial charge in [-0.25, -0.2) is 0 Å². The van der Waals surface area contributed by atoms with Crippen LogP contribution in [0.4, 0.5) is 0 Å². The maximum atomic E-state index is 9.29. The predicted molar refractivity (Wildman–Crippen MR) is 64.9 cm³/mol. The Balaban J connectivity index is 2.20. The molecule has 0 aromatic carbocycles. The van der Waals surface area contributed by atoms with Crippen molar-refractivity contribution in [3.05, 3.63) is 0 Å². The summed E-state index contributed by atoms with van der Waals surface area (Å²) in [6.07, 6.45) is 8.13. The zero-order valence-corrected chi connectivity index (χ0v) is 10.3. The lowest BCUT2D eigenvalue weighted by Gasteiger charge is -2.27. The highest BCUT2D eigenvalue weighted by Crippen LogP contribution is 2.23. The van der Waals surface area contributed by atoms with E-state index in [-0.39, 0.29) is 6.61 Å². The Morgan fingerprint density at radius 2 is 1.93 bits per heavy atom. The molecule has 0 heterocycles. The highest BCUT2D eigenvalue weighted by molar-refractivity contribution is 4.75. The third kappa shape index (κ3) is 4.52. The van der Waals surface area contributed by atoms with Crippen LogP contribution < -0.4 is 5.32 Å². The van der Waals surface area contributed by atoms with E-state index < -0.39 is 0 Å². The van der Waals surface area contributed by atoms with Crippen molar-refractivity contribution in [2.75, 3.05) is 13.2 Å². The smallest absolute Gasteiger partial charge is 0.0587 e. The fourth-order valence-corrected chi connectivity index (χ4v) is 2.44. The van der Waals surface area contributed by atoms with Gasteiger partial charge in [-0.15, -0.1) is 0 Å². The molecule has 0 radical (unpaired) electrons. The number of rotatable bonds is 6. The molecule has 2 N–H and O–H groups in total. The maximum Gasteiger partial charge on any atom is 0.0587 e. The Labute approximate surface area is 94.5 Å². The molecule has 2 nitrogen and oxygen atoms in total. The topological polar surface area (TPSA) is 32.3 Å². The SMILES string of the molecule is CCC(C)C(CO)NCC1CCCCC1. The number of nitrogens with one attached hydrogen (secondary N) is 1. The van der Waals surface area contributed by atoms with Crippen molar-refractivity contribution in [3.8, 4) is 0 Å². The minimum Gasteiger partial charge on any atom is -0.395 e. The van der Waals surface area contributed by atoms with Crippen molar-refractivity contribution in [1.29, 1.82) is 0 Å². The van der Waals surface area contributed by atoms with E-state index in [1.54, 1.807) is 0 Å². The maximum absolute atomic E-state index is 9.29. The fraction of sp³-hybridized carbons (Fsp3) is 1.00. The van der Waals surface area contributed by atoms with E-state index in [2.05, 4.69) is 19.2 Å². The van der Waals surface area contributed by atoms with Gasteiger partial charge < -0.3 is 10.4 Å². The van der Waals surface area contributed by atoms with Crippen LogP contribution in [0.1, 0.15) is 52.4 Å². The molecule has 0 aromatic heterocycles. The summed E-state index contributed by atoms with van der Waals surface area (Å²) >= 11 is 0. The quantitative estimate of drug-likeness (QED) is 0.711. The van der Waals surface area contributed by atoms with Gasteiger partial charge in [-0.3, -0.25) is 0 Å². The van der Waals surface area contributed by atoms with Crippen LogP contribution in [0, 0.1) is 11.8 Å². The lowest BCUT2D eigenvalue weighted by atomic mass is 9.88. The van der Waals surface area contributed by atoms with Gasteiger partial charge in [0, 0.05) is 6.04 Å². The lowest BCUT2D eigenvalue weighted by molar-refractivity contribution is 0.191. The van der Waals surface area contributed by atoms with Crippen LogP contribution in [0.2, 0.25) is 0 Å². The molecule has 1 saturated carbocycles. The second kappa shape index (κ2) is 7.24. The molecule has 0 aliphatic heterocycles. The summed E-state index contributed by atoms with van der Waals surface area (Å²) in [5.74, 6) is 1.44. The second-order valence-corrected chi connectivity index (χ2v) is 5.09. The van der Waals surface area contributed by atoms with Crippen molar-refractivity contribution in [3.63, 3.8) is 0 Å². The van der Waals surface area contributed by atoms with E-state index in [1.165, 1.54) is 32.1 Å². The zero-order valence-electron chi connectivity index (χ0n) is 10.3. The molecular formula is C13H27NO. The van der Waals surface area contributed by atoms with E-state index in [0.717, 1.165) is 18.9 Å². The van der Waals surface area contributed by atoms with E-state index in [0.29, 0.717) is 12.0 Å². The first-order chi connectivity index (χ1) is 7.27. The molecule has 90 valence electrons. The van der Waals surface area contributed by atoms with Crippen molar-refractivity contribution in [1.82, 2.24) is 5.32 Å². The predicted octanol–water partition coefficient (Wildman–Crippen LogP) is 2.56. The van der Waals surface area contributed by atoms with Gasteiger partial charge in [0.2, 0.25) is 0 Å². The van der Waals surface area contributed by atoms with Crippen LogP contribution in [0.25, 0.3) is 0 Å². The van der Waals surface area contributed by atoms with E-state index >= 15 is 0 Å². The fourth-order valence-electron chi connectivity index (χ4n) is 2.44. The number of hydrogen-bond donors (Lipinski definition) is 2. The third-order valence-corrected chi connectivity index (χ3v) is 3.92. The van der Waals surface area contributed by atoms with Crippen LogP contribution in [0.5, 0.6) is 0 Å². The highest BCUT2D eigenvalue weighted by atomic mass is 16.3. The first-order valence-electron chi connectivity index (χ1n) is 6.62. The molecule has 1 aliphatic rings. The minimum absolute atomic E-state index is 0.279. The van der Waals surface area contributed by atoms with Crippen LogP contribution >= 0.6 is 0 Å². The monoisotopic (exact) mass is 213 g/mol. The molecule has 0 spiro atoms. The minimum atomic E-state index is 0.279. The molecule has 0 aromatic rings. The first-order valence-corrected chi connectivity index (χ1v) is 6.62. The summed E-state index contributed by atoms with van der Waals surface area (Å²) in [7, 11) is 0. The zero-order chi connectivity index (χ0) is 11.1. The standard InChI is InChI=1S/C13H27NO/c1-3-11(2)13(10-15)14-9-12-7-5-4-6-8-12/h11-15H,3-10H2,1-2H3. The summed E-state index contributed by atoms with van der Waals surface area (Å²) in [6.45, 7) is 5.79. The summed E-state index contributed by atoms with van der Waals surface area (Å²) in [5.41, 5.74) is 0. The van der Waals surface area contributed by atoms with Gasteiger partial charge in [0.05, 0.1) is 6.61 Å². The summed E-state index contributed by atoms with van der Waals surface area (Å²) in [5, 5.41) is 12.8. The largest absolute Gasteiger partial charge is 0.395 e. The van der Waals surface area contributed by atoms with Gasteiger partial charge in [0.1, 0.15) is 0 Å². The van der Waals surface area contributed by atoms with Crippen LogP contribution in [0.15, 0.2) is 0 Å². The number of aliphatic hydroxyl groups excluding tert-OH is 1. The van der Waals surface area contributed by atoms with Crippen LogP contribution in [-0.4, -0.2) is 24.3 Å². The molecule has 0 amide bonds. The van der Waals surface area contributed by atoms with Gasteiger partial charge in [-0.1, -0.05) is 39.5 Å². The number of hydrogen-bond acceptors (Lipinski definition) is 2. The molecule has 0 saturated heterocycles. The second-order valence-electron chi connectivity index (χ2n) is 5.09. The van der Waals surface area contributed by atoms with E-state index in [1.807, 2.05) is 0 Å². The Bertz CT molecular complexity index is 155. The van der Waals surface area contributed by atoms with E-state index in [9.17, 15) is 5.11 Å². The van der Waals surface area contributed by atoms with Gasteiger partial charge in [0.25, 0.3) is 0 Å². The summed E-state index contributed by atoms with van der Waals surface area (Å²) in [4.78, 5) is 0. The normalized spacial score (nSPS) is 22.6. The molecule has 2 unspecified atom stereocenters. The average molecular weight is 213 g/mol. The average Bonchev–Trinajstić information content (AvgIpc) is 2.31. The molecule has 1 fully saturated rings. The summed E-state index contributed by atoms with van der Waals surface area (Å²) in [6, 6.07) is 0.303. The van der Waals surface area contributed by atoms with Crippen molar-refractivity contribution >= 4 is 0 Å². The Morgan fingerprint density at radius 3 is 2.47 bits per heavy atom. The van der Waals surface area contributed by atoms with Crippen LogP contribution in [0.3, 0.4) is 0 Å². The molecule has 2 atom stereocenters. The summed E-state index contributed by atoms with van der Waals surface area (Å²) < 4.78 is 0. The molecular weight excluding hydrogens is 186 g/mol. The van der Waals surface area contributed by atoms with Gasteiger partial charge in [-0.05, 0) is 31.2 Å². The molecule has 15 heavy (non-hydrogen) atoms. The van der Waals surface area contributed by atoms with Gasteiger partial charge in [0.15, 0.2) is 0 Å². The van der Waals surface area contributed by atoms with Crippen LogP contribution in [-0.2, 0) is 0 Å². The third-order valence-electron chi connectivity index (χ3n) is 3.92. The Hall–Kier alpha value is -0.0800. The molecule has 2 heteroatoms. The highest BCUT2D eigenvalue weighted by Gasteiger charge is 2.18. The Kier molecular flexibility index (Phi) is 6.26. The lowest BCUT2D eigenvalue weighted by Crippen LogP contribution is -2.40. The van der Waals surface area contributed by atoms with Gasteiger partial charge in [-0.2, -0.15) is 0 Å². The van der Waals surface area contributed by atoms with Gasteiger partial charge >= 0.3 is 0 Å². The molecule has 1 rings (SSSR count). The van der Waals surface area contributed by atoms with Crippen molar-refractivity contribution in [2.45, 2.75) is 58.4 Å². The van der Waals surface area contributed by atoms with Crippen molar-refractivity contribution in [2.24, 2.45) is 11.8 Å². The Morgan fingerprint density at radius 1 is 1.27 bits per heavy atom.